The van der Waals surface area contributed by atoms with Gasteiger partial charge < -0.3 is 10.6 Å². The van der Waals surface area contributed by atoms with Crippen molar-refractivity contribution < 1.29 is 0 Å². The minimum absolute atomic E-state index is 0.698. The van der Waals surface area contributed by atoms with E-state index in [1.807, 2.05) is 43.3 Å². The van der Waals surface area contributed by atoms with Gasteiger partial charge in [-0.2, -0.15) is 0 Å². The highest BCUT2D eigenvalue weighted by Crippen LogP contribution is 2.18. The van der Waals surface area contributed by atoms with E-state index in [2.05, 4.69) is 12.6 Å². The molecule has 4 heteroatoms. The highest BCUT2D eigenvalue weighted by Gasteiger charge is 2.03. The fourth-order valence-corrected chi connectivity index (χ4v) is 1.72. The van der Waals surface area contributed by atoms with Crippen molar-refractivity contribution in [1.82, 2.24) is 4.90 Å². The molecule has 0 spiro atoms. The Bertz CT molecular complexity index is 357. The summed E-state index contributed by atoms with van der Waals surface area (Å²) < 4.78 is 0. The van der Waals surface area contributed by atoms with Gasteiger partial charge in [0, 0.05) is 22.2 Å². The Hall–Kier alpha value is -0.640. The Labute approximate surface area is 101 Å². The smallest absolute Gasteiger partial charge is 0.0495 e. The zero-order chi connectivity index (χ0) is 11.4. The quantitative estimate of drug-likeness (QED) is 0.798. The number of hydrogen-bond donors (Lipinski definition) is 2. The van der Waals surface area contributed by atoms with Crippen LogP contribution in [-0.4, -0.2) is 25.5 Å². The molecule has 0 heterocycles. The van der Waals surface area contributed by atoms with Crippen molar-refractivity contribution in [2.75, 3.05) is 20.6 Å². The second-order valence-corrected chi connectivity index (χ2v) is 4.58. The lowest BCUT2D eigenvalue weighted by atomic mass is 10.1. The summed E-state index contributed by atoms with van der Waals surface area (Å²) in [4.78, 5) is 2.88. The van der Waals surface area contributed by atoms with E-state index in [4.69, 9.17) is 17.3 Å². The fraction of sp³-hybridized carbons (Fsp3) is 0.273. The first-order valence-electron chi connectivity index (χ1n) is 4.59. The lowest BCUT2D eigenvalue weighted by molar-refractivity contribution is 0.454. The third kappa shape index (κ3) is 3.78. The zero-order valence-corrected chi connectivity index (χ0v) is 10.5. The van der Waals surface area contributed by atoms with Gasteiger partial charge in [-0.25, -0.2) is 0 Å². The monoisotopic (exact) mass is 242 g/mol. The van der Waals surface area contributed by atoms with Gasteiger partial charge in [-0.3, -0.25) is 0 Å². The minimum atomic E-state index is 0.698. The number of nitrogens with zero attached hydrogens (tertiary/aromatic N) is 1. The molecule has 0 aliphatic rings. The molecule has 0 amide bonds. The van der Waals surface area contributed by atoms with E-state index in [1.165, 1.54) is 0 Å². The van der Waals surface area contributed by atoms with Gasteiger partial charge in [0.1, 0.15) is 0 Å². The molecule has 0 saturated carbocycles. The lowest BCUT2D eigenvalue weighted by Crippen LogP contribution is -2.15. The summed E-state index contributed by atoms with van der Waals surface area (Å²) in [5.74, 6) is 0. The molecule has 0 saturated heterocycles. The number of benzene rings is 1. The molecule has 0 bridgehead atoms. The fourth-order valence-electron chi connectivity index (χ4n) is 1.18. The van der Waals surface area contributed by atoms with Crippen molar-refractivity contribution in [1.29, 1.82) is 0 Å². The van der Waals surface area contributed by atoms with Gasteiger partial charge >= 0.3 is 0 Å². The first kappa shape index (κ1) is 12.4. The number of rotatable bonds is 3. The predicted octanol–water partition coefficient (Wildman–Crippen LogP) is 2.46. The number of likely N-dealkylation sites (N-methyl/N-ethyl adjacent to an activating group) is 1. The highest BCUT2D eigenvalue weighted by molar-refractivity contribution is 7.84. The largest absolute Gasteiger partial charge is 0.398 e. The molecular weight excluding hydrogens is 228 g/mol. The first-order valence-corrected chi connectivity index (χ1v) is 5.41. The minimum Gasteiger partial charge on any atom is -0.398 e. The number of hydrogen-bond acceptors (Lipinski definition) is 3. The molecule has 1 rings (SSSR count). The molecule has 1 aromatic rings. The summed E-state index contributed by atoms with van der Waals surface area (Å²) in [5, 5.41) is 0.708. The van der Waals surface area contributed by atoms with E-state index in [0.717, 1.165) is 17.0 Å². The molecular formula is C11H15ClN2S. The maximum absolute atomic E-state index is 5.97. The molecule has 15 heavy (non-hydrogen) atoms. The maximum atomic E-state index is 5.97. The average molecular weight is 243 g/mol. The van der Waals surface area contributed by atoms with Gasteiger partial charge in [0.2, 0.25) is 0 Å². The van der Waals surface area contributed by atoms with Crippen molar-refractivity contribution in [3.8, 4) is 0 Å². The molecule has 0 aliphatic heterocycles. The highest BCUT2D eigenvalue weighted by atomic mass is 35.5. The van der Waals surface area contributed by atoms with Crippen LogP contribution in [0.3, 0.4) is 0 Å². The topological polar surface area (TPSA) is 29.3 Å². The second kappa shape index (κ2) is 5.45. The molecule has 0 atom stereocenters. The average Bonchev–Trinajstić information content (AvgIpc) is 2.17. The van der Waals surface area contributed by atoms with Crippen LogP contribution in [0.4, 0.5) is 0 Å². The SMILES string of the molecule is CN(C)C/C(S)=C(/N)c1ccc(Cl)cc1. The van der Waals surface area contributed by atoms with Gasteiger partial charge in [-0.05, 0) is 31.8 Å². The van der Waals surface area contributed by atoms with E-state index in [1.54, 1.807) is 0 Å². The van der Waals surface area contributed by atoms with E-state index < -0.39 is 0 Å². The predicted molar refractivity (Wildman–Crippen MR) is 70.1 cm³/mol. The van der Waals surface area contributed by atoms with Crippen LogP contribution in [0.2, 0.25) is 5.02 Å². The summed E-state index contributed by atoms with van der Waals surface area (Å²) in [7, 11) is 3.96. The van der Waals surface area contributed by atoms with Crippen molar-refractivity contribution in [2.45, 2.75) is 0 Å². The van der Waals surface area contributed by atoms with Gasteiger partial charge in [0.25, 0.3) is 0 Å². The van der Waals surface area contributed by atoms with Crippen molar-refractivity contribution in [3.05, 3.63) is 39.8 Å². The maximum Gasteiger partial charge on any atom is 0.0495 e. The first-order chi connectivity index (χ1) is 7.00. The summed E-state index contributed by atoms with van der Waals surface area (Å²) >= 11 is 10.2. The molecule has 1 aromatic carbocycles. The molecule has 82 valence electrons. The van der Waals surface area contributed by atoms with E-state index >= 15 is 0 Å². The summed E-state index contributed by atoms with van der Waals surface area (Å²) in [6, 6.07) is 7.42. The molecule has 0 radical (unpaired) electrons. The van der Waals surface area contributed by atoms with Crippen LogP contribution in [0.15, 0.2) is 29.2 Å². The summed E-state index contributed by atoms with van der Waals surface area (Å²) in [6.07, 6.45) is 0. The summed E-state index contributed by atoms with van der Waals surface area (Å²) in [6.45, 7) is 0.734. The molecule has 0 aliphatic carbocycles. The Morgan fingerprint density at radius 3 is 2.33 bits per heavy atom. The van der Waals surface area contributed by atoms with E-state index in [-0.39, 0.29) is 0 Å². The molecule has 0 aromatic heterocycles. The van der Waals surface area contributed by atoms with Crippen LogP contribution >= 0.6 is 24.2 Å². The standard InChI is InChI=1S/C11H15ClN2S/c1-14(2)7-10(15)11(13)8-3-5-9(12)6-4-8/h3-6,15H,7,13H2,1-2H3/b11-10-. The summed E-state index contributed by atoms with van der Waals surface area (Å²) in [5.41, 5.74) is 7.62. The van der Waals surface area contributed by atoms with E-state index in [0.29, 0.717) is 10.7 Å². The lowest BCUT2D eigenvalue weighted by Gasteiger charge is -2.12. The van der Waals surface area contributed by atoms with Crippen LogP contribution in [0.5, 0.6) is 0 Å². The Morgan fingerprint density at radius 1 is 1.33 bits per heavy atom. The molecule has 2 N–H and O–H groups in total. The van der Waals surface area contributed by atoms with Crippen LogP contribution in [0.25, 0.3) is 5.70 Å². The van der Waals surface area contributed by atoms with Gasteiger partial charge in [0.15, 0.2) is 0 Å². The van der Waals surface area contributed by atoms with Crippen molar-refractivity contribution in [2.24, 2.45) is 5.73 Å². The second-order valence-electron chi connectivity index (χ2n) is 3.61. The van der Waals surface area contributed by atoms with Crippen molar-refractivity contribution >= 4 is 29.9 Å². The molecule has 2 nitrogen and oxygen atoms in total. The van der Waals surface area contributed by atoms with Gasteiger partial charge in [-0.15, -0.1) is 12.6 Å². The Morgan fingerprint density at radius 2 is 1.87 bits per heavy atom. The van der Waals surface area contributed by atoms with Crippen LogP contribution in [0, 0.1) is 0 Å². The Balaban J connectivity index is 2.92. The molecule has 0 fully saturated rings. The zero-order valence-electron chi connectivity index (χ0n) is 8.87. The third-order valence-electron chi connectivity index (χ3n) is 1.93. The molecule has 0 unspecified atom stereocenters. The van der Waals surface area contributed by atoms with Gasteiger partial charge in [0.05, 0.1) is 0 Å². The van der Waals surface area contributed by atoms with Crippen molar-refractivity contribution in [3.63, 3.8) is 0 Å². The van der Waals surface area contributed by atoms with Crippen LogP contribution < -0.4 is 5.73 Å². The third-order valence-corrected chi connectivity index (χ3v) is 2.57. The Kier molecular flexibility index (Phi) is 4.51. The normalized spacial score (nSPS) is 12.9. The van der Waals surface area contributed by atoms with Crippen LogP contribution in [0.1, 0.15) is 5.56 Å². The number of thiol groups is 1. The number of nitrogens with two attached hydrogens (primary N) is 1. The van der Waals surface area contributed by atoms with Crippen LogP contribution in [-0.2, 0) is 0 Å². The van der Waals surface area contributed by atoms with E-state index in [9.17, 15) is 0 Å². The van der Waals surface area contributed by atoms with Gasteiger partial charge in [-0.1, -0.05) is 23.7 Å². The number of halogens is 1.